The van der Waals surface area contributed by atoms with Crippen molar-refractivity contribution in [3.63, 3.8) is 0 Å². The zero-order chi connectivity index (χ0) is 26.5. The predicted octanol–water partition coefficient (Wildman–Crippen LogP) is 4.55. The molecule has 2 atom stereocenters. The summed E-state index contributed by atoms with van der Waals surface area (Å²) in [5.41, 5.74) is 2.44. The van der Waals surface area contributed by atoms with Gasteiger partial charge in [-0.3, -0.25) is 4.79 Å². The van der Waals surface area contributed by atoms with Crippen LogP contribution in [-0.4, -0.2) is 58.3 Å². The molecule has 2 aromatic carbocycles. The van der Waals surface area contributed by atoms with Gasteiger partial charge in [-0.2, -0.15) is 17.6 Å². The lowest BCUT2D eigenvalue weighted by Crippen LogP contribution is -2.53. The standard InChI is InChI=1S/C24H19F4IN2O6/c1-34-22(33)16-9-14-13-4-2-3-5-15(13)30-20(14)21(12-6-7-17-18(8-12)36-11-35-17)31(16)19(32)10-37-24(27,28)23(25,26)29/h2-8,16,21,30H,9-11H2,1H3/t16-,21-/m1/s1. The van der Waals surface area contributed by atoms with Crippen molar-refractivity contribution < 1.29 is 46.1 Å². The maximum atomic E-state index is 13.9. The summed E-state index contributed by atoms with van der Waals surface area (Å²) in [6, 6.07) is 9.88. The lowest BCUT2D eigenvalue weighted by molar-refractivity contribution is -0.305. The molecule has 0 fully saturated rings. The maximum absolute atomic E-state index is 13.9. The molecule has 0 saturated carbocycles. The smallest absolute Gasteiger partial charge is 0.429 e. The largest absolute Gasteiger partial charge is 0.467 e. The van der Waals surface area contributed by atoms with E-state index in [1.54, 1.807) is 24.3 Å². The van der Waals surface area contributed by atoms with Gasteiger partial charge in [0, 0.05) is 45.6 Å². The van der Waals surface area contributed by atoms with Crippen LogP contribution in [0.25, 0.3) is 10.9 Å². The van der Waals surface area contributed by atoms with Crippen LogP contribution in [0.2, 0.25) is 0 Å². The Bertz CT molecular complexity index is 1380. The number of carbonyl (C=O) groups excluding carboxylic acids is 2. The number of rotatable bonds is 6. The number of amides is 1. The Hall–Kier alpha value is -3.07. The van der Waals surface area contributed by atoms with Crippen molar-refractivity contribution in [2.45, 2.75) is 28.5 Å². The van der Waals surface area contributed by atoms with Crippen LogP contribution < -0.4 is 9.47 Å². The van der Waals surface area contributed by atoms with Gasteiger partial charge in [-0.25, -0.2) is 4.79 Å². The van der Waals surface area contributed by atoms with E-state index >= 15 is 0 Å². The third-order valence-electron chi connectivity index (χ3n) is 6.31. The molecular weight excluding hydrogens is 615 g/mol. The number of hydrogen-bond donors (Lipinski definition) is 1. The topological polar surface area (TPSA) is 90.1 Å². The third-order valence-corrected chi connectivity index (χ3v) is 6.94. The molecule has 2 aliphatic heterocycles. The van der Waals surface area contributed by atoms with Gasteiger partial charge in [0.25, 0.3) is 0 Å². The van der Waals surface area contributed by atoms with Gasteiger partial charge in [-0.1, -0.05) is 24.3 Å². The number of hydrogen-bond acceptors (Lipinski definition) is 6. The number of para-hydroxylation sites is 1. The fourth-order valence-corrected chi connectivity index (χ4v) is 4.81. The quantitative estimate of drug-likeness (QED) is 0.185. The minimum Gasteiger partial charge on any atom is -0.467 e. The van der Waals surface area contributed by atoms with Crippen LogP contribution >= 0.6 is 22.6 Å². The number of esters is 1. The number of ether oxygens (including phenoxy) is 4. The van der Waals surface area contributed by atoms with Crippen LogP contribution in [0.4, 0.5) is 17.6 Å². The summed E-state index contributed by atoms with van der Waals surface area (Å²) < 4.78 is 69.6. The molecule has 0 spiro atoms. The van der Waals surface area contributed by atoms with E-state index < -0.39 is 40.6 Å². The average molecular weight is 634 g/mol. The number of aromatic nitrogens is 1. The highest BCUT2D eigenvalue weighted by molar-refractivity contribution is 14.1. The molecule has 0 unspecified atom stereocenters. The fraction of sp³-hybridized carbons (Fsp3) is 0.333. The minimum absolute atomic E-state index is 0.00233. The van der Waals surface area contributed by atoms with E-state index in [9.17, 15) is 27.2 Å². The van der Waals surface area contributed by atoms with E-state index in [0.29, 0.717) is 22.8 Å². The molecule has 1 amide bonds. The minimum atomic E-state index is -4.92. The van der Waals surface area contributed by atoms with Gasteiger partial charge in [0.1, 0.15) is 12.6 Å². The molecule has 0 saturated heterocycles. The van der Waals surface area contributed by atoms with Crippen LogP contribution in [0.15, 0.2) is 42.5 Å². The van der Waals surface area contributed by atoms with E-state index in [2.05, 4.69) is 9.72 Å². The summed E-state index contributed by atoms with van der Waals surface area (Å²) in [5.74, 6) is -1.06. The SMILES string of the molecule is COC(=O)[C@H]1Cc2c([nH]c3ccccc23)[C@@H](c2ccc3c(c2)OCO3)N1C(=O)COC(F)(F)C(F)(F)I. The molecular formula is C24H19F4IN2O6. The number of H-pyrrole nitrogens is 1. The van der Waals surface area contributed by atoms with Crippen LogP contribution in [-0.2, 0) is 25.5 Å². The molecule has 3 aromatic rings. The molecule has 0 bridgehead atoms. The summed E-state index contributed by atoms with van der Waals surface area (Å²) in [7, 11) is 1.13. The van der Waals surface area contributed by atoms with Crippen LogP contribution in [0.5, 0.6) is 11.5 Å². The summed E-state index contributed by atoms with van der Waals surface area (Å²) >= 11 is 0.241. The first-order chi connectivity index (χ1) is 17.5. The highest BCUT2D eigenvalue weighted by atomic mass is 127. The Kier molecular flexibility index (Phi) is 6.46. The molecule has 0 aliphatic carbocycles. The van der Waals surface area contributed by atoms with Crippen LogP contribution in [0.1, 0.15) is 22.9 Å². The Morgan fingerprint density at radius 1 is 1.14 bits per heavy atom. The van der Waals surface area contributed by atoms with Crippen molar-refractivity contribution in [1.82, 2.24) is 9.88 Å². The summed E-state index contributed by atoms with van der Waals surface area (Å²) in [6.07, 6.45) is -4.92. The molecule has 8 nitrogen and oxygen atoms in total. The van der Waals surface area contributed by atoms with Gasteiger partial charge < -0.3 is 28.8 Å². The molecule has 1 aromatic heterocycles. The van der Waals surface area contributed by atoms with Crippen LogP contribution in [0.3, 0.4) is 0 Å². The van der Waals surface area contributed by atoms with Gasteiger partial charge in [0.2, 0.25) is 12.7 Å². The van der Waals surface area contributed by atoms with Crippen molar-refractivity contribution in [2.24, 2.45) is 0 Å². The number of nitrogens with zero attached hydrogens (tertiary/aromatic N) is 1. The van der Waals surface area contributed by atoms with E-state index in [0.717, 1.165) is 28.5 Å². The summed E-state index contributed by atoms with van der Waals surface area (Å²) in [6.45, 7) is -1.42. The molecule has 196 valence electrons. The number of carbonyl (C=O) groups is 2. The van der Waals surface area contributed by atoms with E-state index in [-0.39, 0.29) is 35.8 Å². The van der Waals surface area contributed by atoms with Gasteiger partial charge in [0.15, 0.2) is 11.5 Å². The normalized spacial score (nSPS) is 19.1. The molecule has 3 heterocycles. The zero-order valence-corrected chi connectivity index (χ0v) is 21.3. The highest BCUT2D eigenvalue weighted by Gasteiger charge is 2.57. The van der Waals surface area contributed by atoms with Crippen molar-refractivity contribution >= 4 is 45.4 Å². The third kappa shape index (κ3) is 4.47. The number of halogens is 5. The van der Waals surface area contributed by atoms with E-state index in [4.69, 9.17) is 14.2 Å². The number of alkyl halides is 5. The lowest BCUT2D eigenvalue weighted by Gasteiger charge is -2.41. The first-order valence-electron chi connectivity index (χ1n) is 11.0. The second-order valence-electron chi connectivity index (χ2n) is 8.43. The Morgan fingerprint density at radius 3 is 2.59 bits per heavy atom. The van der Waals surface area contributed by atoms with Crippen molar-refractivity contribution in [1.29, 1.82) is 0 Å². The fourth-order valence-electron chi connectivity index (χ4n) is 4.65. The number of aromatic amines is 1. The number of nitrogens with one attached hydrogen (secondary N) is 1. The molecule has 0 radical (unpaired) electrons. The second kappa shape index (κ2) is 9.35. The van der Waals surface area contributed by atoms with E-state index in [1.165, 1.54) is 0 Å². The molecule has 5 rings (SSSR count). The van der Waals surface area contributed by atoms with Crippen LogP contribution in [0, 0.1) is 0 Å². The number of methoxy groups -OCH3 is 1. The van der Waals surface area contributed by atoms with Crippen molar-refractivity contribution in [3.8, 4) is 11.5 Å². The molecule has 1 N–H and O–H groups in total. The first kappa shape index (κ1) is 25.6. The monoisotopic (exact) mass is 634 g/mol. The second-order valence-corrected chi connectivity index (χ2v) is 9.78. The van der Waals surface area contributed by atoms with Gasteiger partial charge in [-0.05, 0) is 29.3 Å². The van der Waals surface area contributed by atoms with Gasteiger partial charge in [-0.15, -0.1) is 0 Å². The highest BCUT2D eigenvalue weighted by Crippen LogP contribution is 2.45. The summed E-state index contributed by atoms with van der Waals surface area (Å²) in [5, 5.41) is 0.802. The molecule has 2 aliphatic rings. The Balaban J connectivity index is 1.63. The summed E-state index contributed by atoms with van der Waals surface area (Å²) in [4.78, 5) is 30.6. The van der Waals surface area contributed by atoms with E-state index in [1.807, 2.05) is 18.2 Å². The van der Waals surface area contributed by atoms with Gasteiger partial charge >= 0.3 is 16.0 Å². The first-order valence-corrected chi connectivity index (χ1v) is 12.1. The molecule has 13 heteroatoms. The lowest BCUT2D eigenvalue weighted by atomic mass is 9.87. The molecule has 37 heavy (non-hydrogen) atoms. The Morgan fingerprint density at radius 2 is 1.86 bits per heavy atom. The zero-order valence-electron chi connectivity index (χ0n) is 19.1. The average Bonchev–Trinajstić information content (AvgIpc) is 3.48. The predicted molar refractivity (Wildman–Crippen MR) is 129 cm³/mol. The maximum Gasteiger partial charge on any atom is 0.429 e. The number of fused-ring (bicyclic) bond motifs is 4. The van der Waals surface area contributed by atoms with Crippen molar-refractivity contribution in [2.75, 3.05) is 20.5 Å². The Labute approximate surface area is 220 Å². The van der Waals surface area contributed by atoms with Gasteiger partial charge in [0.05, 0.1) is 13.2 Å². The number of benzene rings is 2. The van der Waals surface area contributed by atoms with Crippen molar-refractivity contribution in [3.05, 3.63) is 59.3 Å².